The fraction of sp³-hybridized carbons (Fsp3) is 0.300. The summed E-state index contributed by atoms with van der Waals surface area (Å²) in [5.74, 6) is -0.714. The fourth-order valence-corrected chi connectivity index (χ4v) is 3.48. The summed E-state index contributed by atoms with van der Waals surface area (Å²) >= 11 is 3.18. The zero-order chi connectivity index (χ0) is 13.9. The van der Waals surface area contributed by atoms with Crippen LogP contribution in [0.2, 0.25) is 0 Å². The first-order valence-electron chi connectivity index (χ1n) is 5.12. The summed E-state index contributed by atoms with van der Waals surface area (Å²) in [6.45, 7) is 1.39. The zero-order valence-electron chi connectivity index (χ0n) is 9.76. The van der Waals surface area contributed by atoms with Crippen LogP contribution in [0.15, 0.2) is 27.6 Å². The number of amides is 1. The first-order chi connectivity index (χ1) is 8.28. The van der Waals surface area contributed by atoms with E-state index < -0.39 is 15.9 Å². The lowest BCUT2D eigenvalue weighted by Gasteiger charge is -2.19. The van der Waals surface area contributed by atoms with Gasteiger partial charge in [-0.25, -0.2) is 8.42 Å². The largest absolute Gasteiger partial charge is 0.398 e. The molecule has 0 aliphatic carbocycles. The normalized spacial score (nSPS) is 11.7. The third kappa shape index (κ3) is 3.21. The first kappa shape index (κ1) is 14.9. The minimum Gasteiger partial charge on any atom is -0.398 e. The van der Waals surface area contributed by atoms with E-state index >= 15 is 0 Å². The highest BCUT2D eigenvalue weighted by atomic mass is 79.9. The Labute approximate surface area is 114 Å². The fourth-order valence-electron chi connectivity index (χ4n) is 1.41. The predicted molar refractivity (Wildman–Crippen MR) is 72.2 cm³/mol. The molecule has 0 atom stereocenters. The number of hydrogen-bond acceptors (Lipinski definition) is 4. The summed E-state index contributed by atoms with van der Waals surface area (Å²) in [6, 6.07) is 4.52. The summed E-state index contributed by atoms with van der Waals surface area (Å²) in [7, 11) is -3.82. The predicted octanol–water partition coefficient (Wildman–Crippen LogP) is 0.527. The number of rotatable bonds is 5. The van der Waals surface area contributed by atoms with Gasteiger partial charge in [-0.1, -0.05) is 22.9 Å². The van der Waals surface area contributed by atoms with Crippen LogP contribution in [0.3, 0.4) is 0 Å². The smallest absolute Gasteiger partial charge is 0.245 e. The van der Waals surface area contributed by atoms with Gasteiger partial charge in [0.2, 0.25) is 15.9 Å². The molecule has 0 saturated heterocycles. The van der Waals surface area contributed by atoms with E-state index in [0.717, 1.165) is 4.31 Å². The number of nitrogens with two attached hydrogens (primary N) is 2. The summed E-state index contributed by atoms with van der Waals surface area (Å²) in [4.78, 5) is 10.8. The topological polar surface area (TPSA) is 106 Å². The second-order valence-electron chi connectivity index (χ2n) is 3.58. The Morgan fingerprint density at radius 1 is 1.44 bits per heavy atom. The maximum absolute atomic E-state index is 12.3. The minimum absolute atomic E-state index is 0.0417. The van der Waals surface area contributed by atoms with E-state index in [1.165, 1.54) is 12.1 Å². The molecule has 100 valence electrons. The van der Waals surface area contributed by atoms with Gasteiger partial charge in [0, 0.05) is 11.0 Å². The van der Waals surface area contributed by atoms with Crippen LogP contribution in [0.5, 0.6) is 0 Å². The Balaban J connectivity index is 3.26. The van der Waals surface area contributed by atoms with E-state index in [1.54, 1.807) is 13.0 Å². The maximum Gasteiger partial charge on any atom is 0.245 e. The number of anilines is 1. The molecule has 1 aromatic rings. The number of likely N-dealkylation sites (N-methyl/N-ethyl adjacent to an activating group) is 1. The molecule has 18 heavy (non-hydrogen) atoms. The third-order valence-electron chi connectivity index (χ3n) is 2.28. The molecule has 1 aromatic carbocycles. The second-order valence-corrected chi connectivity index (χ2v) is 6.40. The lowest BCUT2D eigenvalue weighted by Crippen LogP contribution is -2.38. The first-order valence-corrected chi connectivity index (χ1v) is 7.35. The van der Waals surface area contributed by atoms with Crippen LogP contribution in [-0.2, 0) is 14.8 Å². The molecule has 0 spiro atoms. The van der Waals surface area contributed by atoms with Gasteiger partial charge >= 0.3 is 0 Å². The number of carbonyl (C=O) groups is 1. The summed E-state index contributed by atoms with van der Waals surface area (Å²) < 4.78 is 26.1. The molecular formula is C10H14BrN3O3S. The number of benzene rings is 1. The summed E-state index contributed by atoms with van der Waals surface area (Å²) in [6.07, 6.45) is 0. The highest BCUT2D eigenvalue weighted by Crippen LogP contribution is 2.25. The van der Waals surface area contributed by atoms with E-state index in [2.05, 4.69) is 15.9 Å². The highest BCUT2D eigenvalue weighted by molar-refractivity contribution is 9.10. The number of hydrogen-bond donors (Lipinski definition) is 2. The van der Waals surface area contributed by atoms with E-state index in [0.29, 0.717) is 4.47 Å². The Morgan fingerprint density at radius 3 is 2.56 bits per heavy atom. The number of carbonyl (C=O) groups excluding carboxylic acids is 1. The average Bonchev–Trinajstić information content (AvgIpc) is 2.28. The van der Waals surface area contributed by atoms with Crippen LogP contribution < -0.4 is 11.5 Å². The van der Waals surface area contributed by atoms with Crippen molar-refractivity contribution in [3.8, 4) is 0 Å². The van der Waals surface area contributed by atoms with Crippen molar-refractivity contribution in [1.82, 2.24) is 4.31 Å². The Bertz CT molecular complexity index is 559. The van der Waals surface area contributed by atoms with Crippen molar-refractivity contribution in [1.29, 1.82) is 0 Å². The van der Waals surface area contributed by atoms with Crippen molar-refractivity contribution in [2.45, 2.75) is 11.8 Å². The number of halogens is 1. The molecule has 1 rings (SSSR count). The zero-order valence-corrected chi connectivity index (χ0v) is 12.2. The molecular weight excluding hydrogens is 322 g/mol. The van der Waals surface area contributed by atoms with Crippen molar-refractivity contribution in [3.05, 3.63) is 22.7 Å². The van der Waals surface area contributed by atoms with Gasteiger partial charge in [0.25, 0.3) is 0 Å². The number of primary amides is 1. The van der Waals surface area contributed by atoms with Gasteiger partial charge in [-0.05, 0) is 18.2 Å². The van der Waals surface area contributed by atoms with Crippen molar-refractivity contribution in [2.24, 2.45) is 5.73 Å². The average molecular weight is 336 g/mol. The molecule has 6 nitrogen and oxygen atoms in total. The molecule has 0 saturated carbocycles. The van der Waals surface area contributed by atoms with E-state index in [4.69, 9.17) is 11.5 Å². The number of nitrogen functional groups attached to an aromatic ring is 1. The molecule has 4 N–H and O–H groups in total. The Morgan fingerprint density at radius 2 is 2.06 bits per heavy atom. The molecule has 0 aliphatic heterocycles. The quantitative estimate of drug-likeness (QED) is 0.765. The Kier molecular flexibility index (Phi) is 4.71. The Hall–Kier alpha value is -1.12. The van der Waals surface area contributed by atoms with Crippen molar-refractivity contribution >= 4 is 37.5 Å². The second kappa shape index (κ2) is 5.68. The van der Waals surface area contributed by atoms with Gasteiger partial charge in [0.1, 0.15) is 4.90 Å². The van der Waals surface area contributed by atoms with Crippen molar-refractivity contribution < 1.29 is 13.2 Å². The lowest BCUT2D eigenvalue weighted by molar-refractivity contribution is -0.118. The third-order valence-corrected chi connectivity index (χ3v) is 4.75. The van der Waals surface area contributed by atoms with Crippen LogP contribution in [-0.4, -0.2) is 31.7 Å². The van der Waals surface area contributed by atoms with Crippen LogP contribution in [0.1, 0.15) is 6.92 Å². The summed E-state index contributed by atoms with van der Waals surface area (Å²) in [5.41, 5.74) is 10.8. The SMILES string of the molecule is CCN(CC(N)=O)S(=O)(=O)c1cc(Br)ccc1N. The van der Waals surface area contributed by atoms with Gasteiger partial charge in [-0.3, -0.25) is 4.79 Å². The van der Waals surface area contributed by atoms with Gasteiger partial charge in [0.05, 0.1) is 12.2 Å². The maximum atomic E-state index is 12.3. The van der Waals surface area contributed by atoms with Crippen molar-refractivity contribution in [2.75, 3.05) is 18.8 Å². The molecule has 0 aliphatic rings. The molecule has 0 unspecified atom stereocenters. The van der Waals surface area contributed by atoms with Gasteiger partial charge in [-0.15, -0.1) is 0 Å². The molecule has 0 fully saturated rings. The molecule has 0 aromatic heterocycles. The number of sulfonamides is 1. The summed E-state index contributed by atoms with van der Waals surface area (Å²) in [5, 5.41) is 0. The van der Waals surface area contributed by atoms with E-state index in [-0.39, 0.29) is 23.7 Å². The standard InChI is InChI=1S/C10H14BrN3O3S/c1-2-14(6-10(13)15)18(16,17)9-5-7(11)3-4-8(9)12/h3-5H,2,6,12H2,1H3,(H2,13,15). The molecule has 0 bridgehead atoms. The van der Waals surface area contributed by atoms with Crippen LogP contribution >= 0.6 is 15.9 Å². The van der Waals surface area contributed by atoms with Crippen molar-refractivity contribution in [3.63, 3.8) is 0 Å². The molecule has 0 heterocycles. The minimum atomic E-state index is -3.82. The van der Waals surface area contributed by atoms with E-state index in [1.807, 2.05) is 0 Å². The van der Waals surface area contributed by atoms with Crippen LogP contribution in [0.4, 0.5) is 5.69 Å². The molecule has 0 radical (unpaired) electrons. The lowest BCUT2D eigenvalue weighted by atomic mass is 10.3. The molecule has 8 heteroatoms. The monoisotopic (exact) mass is 335 g/mol. The van der Waals surface area contributed by atoms with Gasteiger partial charge in [-0.2, -0.15) is 4.31 Å². The van der Waals surface area contributed by atoms with E-state index in [9.17, 15) is 13.2 Å². The number of nitrogens with zero attached hydrogens (tertiary/aromatic N) is 1. The van der Waals surface area contributed by atoms with Crippen LogP contribution in [0, 0.1) is 0 Å². The van der Waals surface area contributed by atoms with Gasteiger partial charge < -0.3 is 11.5 Å². The molecule has 1 amide bonds. The highest BCUT2D eigenvalue weighted by Gasteiger charge is 2.26. The van der Waals surface area contributed by atoms with Crippen LogP contribution in [0.25, 0.3) is 0 Å². The van der Waals surface area contributed by atoms with Gasteiger partial charge in [0.15, 0.2) is 0 Å².